The molecule has 0 unspecified atom stereocenters. The van der Waals surface area contributed by atoms with E-state index < -0.39 is 0 Å². The Hall–Kier alpha value is 0.177. The molecule has 0 saturated carbocycles. The molecule has 0 aliphatic heterocycles. The standard InChI is InChI=1S/C11H23OSi/c1-8(2)7-11(12-13,9(3)4)10(5)6/h8-10H,7H2,1-6H3. The van der Waals surface area contributed by atoms with Crippen LogP contribution in [-0.4, -0.2) is 16.1 Å². The van der Waals surface area contributed by atoms with Crippen molar-refractivity contribution >= 4 is 10.5 Å². The Labute approximate surface area is 86.8 Å². The maximum absolute atomic E-state index is 5.58. The highest BCUT2D eigenvalue weighted by molar-refractivity contribution is 5.98. The van der Waals surface area contributed by atoms with Gasteiger partial charge < -0.3 is 4.43 Å². The van der Waals surface area contributed by atoms with E-state index in [1.165, 1.54) is 0 Å². The Morgan fingerprint density at radius 2 is 1.38 bits per heavy atom. The van der Waals surface area contributed by atoms with E-state index in [-0.39, 0.29) is 5.60 Å². The molecule has 0 N–H and O–H groups in total. The second-order valence-corrected chi connectivity index (χ2v) is 5.17. The highest BCUT2D eigenvalue weighted by atomic mass is 28.2. The van der Waals surface area contributed by atoms with E-state index in [2.05, 4.69) is 52.0 Å². The molecule has 0 aliphatic rings. The van der Waals surface area contributed by atoms with Gasteiger partial charge in [-0.05, 0) is 24.2 Å². The van der Waals surface area contributed by atoms with Crippen molar-refractivity contribution in [1.82, 2.24) is 0 Å². The molecule has 13 heavy (non-hydrogen) atoms. The van der Waals surface area contributed by atoms with Crippen LogP contribution in [-0.2, 0) is 4.43 Å². The lowest BCUT2D eigenvalue weighted by Crippen LogP contribution is -2.44. The van der Waals surface area contributed by atoms with E-state index in [0.29, 0.717) is 17.8 Å². The predicted octanol–water partition coefficient (Wildman–Crippen LogP) is 3.18. The van der Waals surface area contributed by atoms with Crippen LogP contribution in [0, 0.1) is 17.8 Å². The number of hydrogen-bond donors (Lipinski definition) is 0. The van der Waals surface area contributed by atoms with E-state index in [1.807, 2.05) is 0 Å². The first-order valence-corrected chi connectivity index (χ1v) is 5.62. The first-order valence-electron chi connectivity index (χ1n) is 5.21. The van der Waals surface area contributed by atoms with Gasteiger partial charge >= 0.3 is 0 Å². The van der Waals surface area contributed by atoms with Crippen molar-refractivity contribution < 1.29 is 4.43 Å². The molecule has 0 heterocycles. The molecular formula is C11H23OSi. The van der Waals surface area contributed by atoms with Gasteiger partial charge in [0.15, 0.2) is 0 Å². The van der Waals surface area contributed by atoms with Crippen molar-refractivity contribution in [3.8, 4) is 0 Å². The molecule has 1 nitrogen and oxygen atoms in total. The third kappa shape index (κ3) is 3.10. The molecule has 2 heteroatoms. The molecule has 0 aliphatic carbocycles. The third-order valence-electron chi connectivity index (χ3n) is 2.87. The molecule has 0 aromatic carbocycles. The summed E-state index contributed by atoms with van der Waals surface area (Å²) in [5.74, 6) is 1.74. The topological polar surface area (TPSA) is 9.23 Å². The fourth-order valence-corrected chi connectivity index (χ4v) is 2.61. The van der Waals surface area contributed by atoms with Gasteiger partial charge in [0.2, 0.25) is 10.5 Å². The van der Waals surface area contributed by atoms with Crippen molar-refractivity contribution in [2.75, 3.05) is 0 Å². The summed E-state index contributed by atoms with van der Waals surface area (Å²) in [6.45, 7) is 13.4. The highest BCUT2D eigenvalue weighted by Crippen LogP contribution is 2.35. The van der Waals surface area contributed by atoms with Crippen molar-refractivity contribution in [2.24, 2.45) is 17.8 Å². The van der Waals surface area contributed by atoms with E-state index in [4.69, 9.17) is 4.43 Å². The lowest BCUT2D eigenvalue weighted by atomic mass is 9.75. The van der Waals surface area contributed by atoms with Crippen LogP contribution in [0.2, 0.25) is 0 Å². The van der Waals surface area contributed by atoms with Crippen molar-refractivity contribution in [1.29, 1.82) is 0 Å². The molecule has 0 rings (SSSR count). The summed E-state index contributed by atoms with van der Waals surface area (Å²) in [5.41, 5.74) is -0.0228. The molecule has 0 saturated heterocycles. The van der Waals surface area contributed by atoms with E-state index >= 15 is 0 Å². The van der Waals surface area contributed by atoms with Crippen molar-refractivity contribution in [3.05, 3.63) is 0 Å². The minimum Gasteiger partial charge on any atom is -0.413 e. The van der Waals surface area contributed by atoms with Gasteiger partial charge in [-0.15, -0.1) is 0 Å². The molecule has 0 atom stereocenters. The van der Waals surface area contributed by atoms with Crippen LogP contribution in [0.3, 0.4) is 0 Å². The average Bonchev–Trinajstić information content (AvgIpc) is 1.98. The van der Waals surface area contributed by atoms with E-state index in [9.17, 15) is 0 Å². The summed E-state index contributed by atoms with van der Waals surface area (Å²) in [7, 11) is 3.25. The molecule has 0 bridgehead atoms. The van der Waals surface area contributed by atoms with E-state index in [1.54, 1.807) is 0 Å². The predicted molar refractivity (Wildman–Crippen MR) is 58.7 cm³/mol. The van der Waals surface area contributed by atoms with Gasteiger partial charge in [-0.3, -0.25) is 0 Å². The first-order chi connectivity index (χ1) is 5.86. The Morgan fingerprint density at radius 3 is 1.46 bits per heavy atom. The normalized spacial score (nSPS) is 13.4. The molecule has 77 valence electrons. The molecule has 0 fully saturated rings. The van der Waals surface area contributed by atoms with Crippen LogP contribution in [0.15, 0.2) is 0 Å². The van der Waals surface area contributed by atoms with Crippen LogP contribution >= 0.6 is 0 Å². The number of hydrogen-bond acceptors (Lipinski definition) is 1. The van der Waals surface area contributed by atoms with Crippen LogP contribution < -0.4 is 0 Å². The quantitative estimate of drug-likeness (QED) is 0.618. The molecule has 0 spiro atoms. The minimum atomic E-state index is -0.0228. The Balaban J connectivity index is 4.65. The van der Waals surface area contributed by atoms with Crippen LogP contribution in [0.5, 0.6) is 0 Å². The molecule has 0 aromatic rings. The summed E-state index contributed by atoms with van der Waals surface area (Å²) < 4.78 is 5.58. The van der Waals surface area contributed by atoms with Gasteiger partial charge in [0, 0.05) is 0 Å². The monoisotopic (exact) mass is 199 g/mol. The van der Waals surface area contributed by atoms with Gasteiger partial charge in [-0.25, -0.2) is 0 Å². The molecule has 3 radical (unpaired) electrons. The Kier molecular flexibility index (Phi) is 5.23. The van der Waals surface area contributed by atoms with Crippen LogP contribution in [0.25, 0.3) is 0 Å². The lowest BCUT2D eigenvalue weighted by Gasteiger charge is -2.42. The fourth-order valence-electron chi connectivity index (χ4n) is 2.05. The summed E-state index contributed by atoms with van der Waals surface area (Å²) in [6.07, 6.45) is 1.10. The Morgan fingerprint density at radius 1 is 1.00 bits per heavy atom. The van der Waals surface area contributed by atoms with Gasteiger partial charge in [0.05, 0.1) is 5.60 Å². The average molecular weight is 199 g/mol. The van der Waals surface area contributed by atoms with Gasteiger partial charge in [-0.1, -0.05) is 41.5 Å². The number of rotatable bonds is 5. The van der Waals surface area contributed by atoms with Crippen molar-refractivity contribution in [3.63, 3.8) is 0 Å². The highest BCUT2D eigenvalue weighted by Gasteiger charge is 2.36. The van der Waals surface area contributed by atoms with E-state index in [0.717, 1.165) is 6.42 Å². The first kappa shape index (κ1) is 13.2. The summed E-state index contributed by atoms with van der Waals surface area (Å²) in [5, 5.41) is 0. The Bertz CT molecular complexity index is 133. The molecular weight excluding hydrogens is 176 g/mol. The zero-order valence-corrected chi connectivity index (χ0v) is 10.8. The second kappa shape index (κ2) is 5.16. The molecule has 0 aromatic heterocycles. The second-order valence-electron chi connectivity index (χ2n) is 4.96. The van der Waals surface area contributed by atoms with Gasteiger partial charge in [-0.2, -0.15) is 0 Å². The lowest BCUT2D eigenvalue weighted by molar-refractivity contribution is -0.0323. The van der Waals surface area contributed by atoms with Gasteiger partial charge in [0.25, 0.3) is 0 Å². The van der Waals surface area contributed by atoms with Crippen LogP contribution in [0.1, 0.15) is 48.0 Å². The summed E-state index contributed by atoms with van der Waals surface area (Å²) >= 11 is 0. The summed E-state index contributed by atoms with van der Waals surface area (Å²) in [4.78, 5) is 0. The maximum atomic E-state index is 5.58. The molecule has 0 amide bonds. The fraction of sp³-hybridized carbons (Fsp3) is 1.00. The minimum absolute atomic E-state index is 0.0228. The summed E-state index contributed by atoms with van der Waals surface area (Å²) in [6, 6.07) is 0. The largest absolute Gasteiger partial charge is 0.413 e. The zero-order chi connectivity index (χ0) is 10.6. The van der Waals surface area contributed by atoms with Crippen LogP contribution in [0.4, 0.5) is 0 Å². The maximum Gasteiger partial charge on any atom is 0.247 e. The smallest absolute Gasteiger partial charge is 0.247 e. The van der Waals surface area contributed by atoms with Gasteiger partial charge in [0.1, 0.15) is 0 Å². The van der Waals surface area contributed by atoms with Crippen molar-refractivity contribution in [2.45, 2.75) is 53.6 Å². The third-order valence-corrected chi connectivity index (χ3v) is 3.25. The zero-order valence-electron chi connectivity index (χ0n) is 9.85. The SMILES string of the molecule is CC(C)CC(O[Si])(C(C)C)C(C)C.